The van der Waals surface area contributed by atoms with Crippen molar-refractivity contribution in [2.45, 2.75) is 50.1 Å². The number of methoxy groups -OCH3 is 2. The van der Waals surface area contributed by atoms with Gasteiger partial charge in [0.05, 0.1) is 36.7 Å². The molecule has 1 aliphatic heterocycles. The highest BCUT2D eigenvalue weighted by atomic mass is 32.2. The zero-order valence-corrected chi connectivity index (χ0v) is 25.0. The van der Waals surface area contributed by atoms with Crippen LogP contribution in [0.15, 0.2) is 71.6 Å². The van der Waals surface area contributed by atoms with E-state index in [9.17, 15) is 13.2 Å². The first-order valence-corrected chi connectivity index (χ1v) is 14.9. The summed E-state index contributed by atoms with van der Waals surface area (Å²) < 4.78 is 41.5. The number of unbranched alkanes of at least 4 members (excludes halogenated alkanes) is 1. The Morgan fingerprint density at radius 2 is 1.70 bits per heavy atom. The van der Waals surface area contributed by atoms with E-state index in [-0.39, 0.29) is 17.0 Å². The van der Waals surface area contributed by atoms with Crippen molar-refractivity contribution in [3.8, 4) is 5.75 Å². The minimum Gasteiger partial charge on any atom is -0.497 e. The van der Waals surface area contributed by atoms with Crippen molar-refractivity contribution < 1.29 is 22.7 Å². The molecule has 3 aromatic carbocycles. The van der Waals surface area contributed by atoms with Gasteiger partial charge in [-0.05, 0) is 55.3 Å². The molecule has 1 aliphatic rings. The molecule has 0 bridgehead atoms. The Kier molecular flexibility index (Phi) is 8.75. The van der Waals surface area contributed by atoms with Crippen LogP contribution in [0, 0.1) is 0 Å². The van der Waals surface area contributed by atoms with Crippen molar-refractivity contribution >= 4 is 33.1 Å². The number of ether oxygens (including phenoxy) is 2. The summed E-state index contributed by atoms with van der Waals surface area (Å²) in [5, 5.41) is 0. The van der Waals surface area contributed by atoms with Crippen molar-refractivity contribution in [1.82, 2.24) is 4.31 Å². The van der Waals surface area contributed by atoms with Crippen molar-refractivity contribution in [2.24, 2.45) is 0 Å². The molecule has 0 N–H and O–H groups in total. The van der Waals surface area contributed by atoms with Gasteiger partial charge in [0.15, 0.2) is 0 Å². The first-order valence-electron chi connectivity index (χ1n) is 13.5. The lowest BCUT2D eigenvalue weighted by Gasteiger charge is -2.41. The number of para-hydroxylation sites is 1. The van der Waals surface area contributed by atoms with Gasteiger partial charge >= 0.3 is 5.97 Å². The molecule has 0 radical (unpaired) electrons. The fraction of sp³-hybridized carbons (Fsp3) is 0.387. The average Bonchev–Trinajstić information content (AvgIpc) is 3.03. The average molecular weight is 566 g/mol. The topological polar surface area (TPSA) is 79.4 Å². The maximum absolute atomic E-state index is 14.8. The molecule has 0 spiro atoms. The normalized spacial score (nSPS) is 18.5. The first kappa shape index (κ1) is 29.4. The van der Waals surface area contributed by atoms with E-state index in [2.05, 4.69) is 11.8 Å². The number of nitrogens with zero attached hydrogens (tertiary/aromatic N) is 3. The summed E-state index contributed by atoms with van der Waals surface area (Å²) in [6.07, 6.45) is 2.46. The number of rotatable bonds is 9. The molecule has 0 saturated heterocycles. The Labute approximate surface area is 238 Å². The van der Waals surface area contributed by atoms with E-state index in [0.717, 1.165) is 24.1 Å². The molecule has 0 aromatic heterocycles. The second kappa shape index (κ2) is 11.9. The largest absolute Gasteiger partial charge is 0.497 e. The van der Waals surface area contributed by atoms with Crippen LogP contribution < -0.4 is 14.5 Å². The number of benzene rings is 3. The Morgan fingerprint density at radius 3 is 2.27 bits per heavy atom. The number of sulfonamides is 1. The van der Waals surface area contributed by atoms with Crippen molar-refractivity contribution in [3.05, 3.63) is 77.9 Å². The third-order valence-electron chi connectivity index (χ3n) is 7.55. The highest BCUT2D eigenvalue weighted by molar-refractivity contribution is 7.89. The summed E-state index contributed by atoms with van der Waals surface area (Å²) >= 11 is 0. The highest BCUT2D eigenvalue weighted by Gasteiger charge is 2.46. The predicted octanol–water partition coefficient (Wildman–Crippen LogP) is 5.84. The third kappa shape index (κ3) is 5.67. The fourth-order valence-electron chi connectivity index (χ4n) is 5.30. The number of hydrogen-bond acceptors (Lipinski definition) is 7. The van der Waals surface area contributed by atoms with Gasteiger partial charge in [-0.2, -0.15) is 4.31 Å². The van der Waals surface area contributed by atoms with Gasteiger partial charge in [-0.3, -0.25) is 0 Å². The molecule has 1 atom stereocenters. The smallest absolute Gasteiger partial charge is 0.340 e. The SMILES string of the molecule is CCCCC1(C)CN(c2ccccc2)c2cc(N(C)C)c(C(=O)OC)cc2S(=O)(=O)N1Cc1ccc(OC)cc1. The van der Waals surface area contributed by atoms with Crippen LogP contribution in [0.4, 0.5) is 17.1 Å². The van der Waals surface area contributed by atoms with Gasteiger partial charge in [0.25, 0.3) is 0 Å². The lowest BCUT2D eigenvalue weighted by Crippen LogP contribution is -2.53. The molecular formula is C31H39N3O5S. The Balaban J connectivity index is 2.01. The predicted molar refractivity (Wildman–Crippen MR) is 159 cm³/mol. The molecule has 1 heterocycles. The molecule has 4 rings (SSSR count). The van der Waals surface area contributed by atoms with E-state index < -0.39 is 21.5 Å². The molecule has 40 heavy (non-hydrogen) atoms. The van der Waals surface area contributed by atoms with Gasteiger partial charge in [-0.15, -0.1) is 0 Å². The molecule has 0 saturated carbocycles. The van der Waals surface area contributed by atoms with Crippen molar-refractivity contribution in [1.29, 1.82) is 0 Å². The van der Waals surface area contributed by atoms with Gasteiger partial charge in [0, 0.05) is 32.9 Å². The van der Waals surface area contributed by atoms with Crippen LogP contribution in [0.5, 0.6) is 5.75 Å². The van der Waals surface area contributed by atoms with Crippen molar-refractivity contribution in [3.63, 3.8) is 0 Å². The molecule has 8 nitrogen and oxygen atoms in total. The first-order chi connectivity index (χ1) is 19.1. The van der Waals surface area contributed by atoms with Gasteiger partial charge in [-0.1, -0.05) is 50.1 Å². The van der Waals surface area contributed by atoms with Gasteiger partial charge in [-0.25, -0.2) is 13.2 Å². The Morgan fingerprint density at radius 1 is 1.02 bits per heavy atom. The highest BCUT2D eigenvalue weighted by Crippen LogP contribution is 2.45. The minimum atomic E-state index is -4.08. The Hall–Kier alpha value is -3.56. The number of hydrogen-bond donors (Lipinski definition) is 0. The number of fused-ring (bicyclic) bond motifs is 1. The van der Waals surface area contributed by atoms with E-state index >= 15 is 0 Å². The monoisotopic (exact) mass is 565 g/mol. The molecule has 1 unspecified atom stereocenters. The number of anilines is 3. The summed E-state index contributed by atoms with van der Waals surface area (Å²) in [6.45, 7) is 4.75. The van der Waals surface area contributed by atoms with Crippen molar-refractivity contribution in [2.75, 3.05) is 44.7 Å². The standard InChI is InChI=1S/C31H39N3O5S/c1-7-8-18-31(2)22-33(24-12-10-9-11-13-24)28-20-27(32(3)4)26(30(35)39-6)19-29(28)40(36,37)34(31)21-23-14-16-25(38-5)17-15-23/h9-17,19-20H,7-8,18,21-22H2,1-6H3. The second-order valence-electron chi connectivity index (χ2n) is 10.6. The van der Waals surface area contributed by atoms with E-state index in [0.29, 0.717) is 30.1 Å². The molecule has 214 valence electrons. The summed E-state index contributed by atoms with van der Waals surface area (Å²) in [5.41, 5.74) is 2.28. The maximum Gasteiger partial charge on any atom is 0.340 e. The maximum atomic E-state index is 14.8. The minimum absolute atomic E-state index is 0.0797. The van der Waals surface area contributed by atoms with Crippen LogP contribution in [-0.4, -0.2) is 59.1 Å². The second-order valence-corrected chi connectivity index (χ2v) is 12.4. The molecule has 0 amide bonds. The number of carbonyl (C=O) groups excluding carboxylic acids is 1. The quantitative estimate of drug-likeness (QED) is 0.302. The fourth-order valence-corrected chi connectivity index (χ4v) is 7.29. The number of carbonyl (C=O) groups is 1. The van der Waals surface area contributed by atoms with E-state index in [1.807, 2.05) is 75.6 Å². The molecule has 9 heteroatoms. The summed E-state index contributed by atoms with van der Waals surface area (Å²) in [4.78, 5) is 16.8. The lowest BCUT2D eigenvalue weighted by molar-refractivity contribution is 0.0601. The third-order valence-corrected chi connectivity index (χ3v) is 9.58. The number of esters is 1. The Bertz CT molecular complexity index is 1440. The molecule has 3 aromatic rings. The van der Waals surface area contributed by atoms with Crippen LogP contribution in [0.2, 0.25) is 0 Å². The van der Waals surface area contributed by atoms with Crippen LogP contribution in [0.25, 0.3) is 0 Å². The van der Waals surface area contributed by atoms with Gasteiger partial charge in [0.1, 0.15) is 10.6 Å². The molecule has 0 fully saturated rings. The van der Waals surface area contributed by atoms with Crippen LogP contribution >= 0.6 is 0 Å². The summed E-state index contributed by atoms with van der Waals surface area (Å²) in [6, 6.07) is 20.5. The zero-order chi connectivity index (χ0) is 29.1. The van der Waals surface area contributed by atoms with E-state index in [1.54, 1.807) is 22.4 Å². The van der Waals surface area contributed by atoms with E-state index in [4.69, 9.17) is 9.47 Å². The lowest BCUT2D eigenvalue weighted by atomic mass is 9.92. The van der Waals surface area contributed by atoms with Crippen LogP contribution in [-0.2, 0) is 21.3 Å². The summed E-state index contributed by atoms with van der Waals surface area (Å²) in [5.74, 6) is 0.114. The summed E-state index contributed by atoms with van der Waals surface area (Å²) in [7, 11) is 2.47. The molecular weight excluding hydrogens is 526 g/mol. The van der Waals surface area contributed by atoms with Gasteiger partial charge < -0.3 is 19.3 Å². The van der Waals surface area contributed by atoms with Gasteiger partial charge in [0.2, 0.25) is 10.0 Å². The zero-order valence-electron chi connectivity index (χ0n) is 24.2. The van der Waals surface area contributed by atoms with Crippen LogP contribution in [0.3, 0.4) is 0 Å². The van der Waals surface area contributed by atoms with Crippen LogP contribution in [0.1, 0.15) is 49.0 Å². The van der Waals surface area contributed by atoms with E-state index in [1.165, 1.54) is 13.2 Å². The molecule has 0 aliphatic carbocycles.